The van der Waals surface area contributed by atoms with Crippen LogP contribution in [0.15, 0.2) is 47.5 Å². The van der Waals surface area contributed by atoms with Gasteiger partial charge in [-0.1, -0.05) is 12.1 Å². The van der Waals surface area contributed by atoms with Gasteiger partial charge < -0.3 is 14.9 Å². The molecular weight excluding hydrogens is 258 g/mol. The first-order valence-electron chi connectivity index (χ1n) is 5.84. The maximum absolute atomic E-state index is 11.3. The average molecular weight is 271 g/mol. The minimum atomic E-state index is -0.398. The van der Waals surface area contributed by atoms with Crippen LogP contribution in [0, 0.1) is 0 Å². The molecule has 20 heavy (non-hydrogen) atoms. The number of rotatable bonds is 3. The van der Waals surface area contributed by atoms with Gasteiger partial charge in [0.2, 0.25) is 0 Å². The smallest absolute Gasteiger partial charge is 0.337 e. The molecule has 2 rings (SSSR count). The molecule has 0 amide bonds. The summed E-state index contributed by atoms with van der Waals surface area (Å²) in [5, 5.41) is 18.8. The summed E-state index contributed by atoms with van der Waals surface area (Å²) in [6.07, 6.45) is 1.55. The summed E-state index contributed by atoms with van der Waals surface area (Å²) in [6.45, 7) is 0. The van der Waals surface area contributed by atoms with Gasteiger partial charge in [0.15, 0.2) is 0 Å². The maximum Gasteiger partial charge on any atom is 0.337 e. The average Bonchev–Trinajstić information content (AvgIpc) is 2.46. The number of methoxy groups -OCH3 is 1. The molecule has 2 aromatic carbocycles. The van der Waals surface area contributed by atoms with Crippen molar-refractivity contribution >= 4 is 17.9 Å². The third-order valence-corrected chi connectivity index (χ3v) is 2.64. The lowest BCUT2D eigenvalue weighted by molar-refractivity contribution is 0.0600. The van der Waals surface area contributed by atoms with Crippen molar-refractivity contribution in [3.8, 4) is 11.5 Å². The van der Waals surface area contributed by atoms with Gasteiger partial charge in [-0.15, -0.1) is 0 Å². The second kappa shape index (κ2) is 5.88. The first-order valence-corrected chi connectivity index (χ1v) is 5.84. The number of esters is 1. The molecule has 0 heterocycles. The predicted molar refractivity (Wildman–Crippen MR) is 74.8 cm³/mol. The Morgan fingerprint density at radius 1 is 1.15 bits per heavy atom. The number of aliphatic imine (C=N–C) groups is 1. The third-order valence-electron chi connectivity index (χ3n) is 2.64. The number of benzene rings is 2. The zero-order valence-corrected chi connectivity index (χ0v) is 10.8. The molecule has 0 spiro atoms. The van der Waals surface area contributed by atoms with Gasteiger partial charge >= 0.3 is 5.97 Å². The van der Waals surface area contributed by atoms with Gasteiger partial charge in [-0.05, 0) is 29.8 Å². The third kappa shape index (κ3) is 3.14. The minimum absolute atomic E-state index is 0.0242. The largest absolute Gasteiger partial charge is 0.508 e. The van der Waals surface area contributed by atoms with E-state index >= 15 is 0 Å². The molecule has 0 unspecified atom stereocenters. The van der Waals surface area contributed by atoms with Gasteiger partial charge in [-0.3, -0.25) is 4.99 Å². The van der Waals surface area contributed by atoms with Crippen LogP contribution in [-0.4, -0.2) is 29.5 Å². The van der Waals surface area contributed by atoms with Crippen molar-refractivity contribution < 1.29 is 19.7 Å². The van der Waals surface area contributed by atoms with Gasteiger partial charge in [0.05, 0.1) is 12.7 Å². The molecule has 0 aromatic heterocycles. The second-order valence-corrected chi connectivity index (χ2v) is 4.04. The molecule has 0 aliphatic rings. The summed E-state index contributed by atoms with van der Waals surface area (Å²) < 4.78 is 4.60. The highest BCUT2D eigenvalue weighted by Crippen LogP contribution is 2.29. The first kappa shape index (κ1) is 13.6. The van der Waals surface area contributed by atoms with Gasteiger partial charge in [-0.2, -0.15) is 0 Å². The van der Waals surface area contributed by atoms with Crippen LogP contribution in [-0.2, 0) is 4.74 Å². The van der Waals surface area contributed by atoms with Crippen LogP contribution in [0.25, 0.3) is 0 Å². The molecule has 2 aromatic rings. The van der Waals surface area contributed by atoms with Gasteiger partial charge in [-0.25, -0.2) is 4.79 Å². The van der Waals surface area contributed by atoms with E-state index in [0.717, 1.165) is 5.56 Å². The normalized spacial score (nSPS) is 10.7. The lowest BCUT2D eigenvalue weighted by Crippen LogP contribution is -2.00. The quantitative estimate of drug-likeness (QED) is 0.664. The van der Waals surface area contributed by atoms with Crippen molar-refractivity contribution in [2.45, 2.75) is 0 Å². The Kier molecular flexibility index (Phi) is 4.00. The number of carbonyl (C=O) groups excluding carboxylic acids is 1. The monoisotopic (exact) mass is 271 g/mol. The van der Waals surface area contributed by atoms with E-state index in [1.54, 1.807) is 30.5 Å². The molecule has 0 aliphatic carbocycles. The molecule has 0 saturated carbocycles. The number of ether oxygens (including phenoxy) is 1. The molecule has 0 atom stereocenters. The number of hydrogen-bond acceptors (Lipinski definition) is 5. The SMILES string of the molecule is COC(=O)c1ccc(/C=N/c2ccc(O)cc2O)cc1. The van der Waals surface area contributed by atoms with Gasteiger partial charge in [0.25, 0.3) is 0 Å². The maximum atomic E-state index is 11.3. The second-order valence-electron chi connectivity index (χ2n) is 4.04. The van der Waals surface area contributed by atoms with Crippen LogP contribution in [0.3, 0.4) is 0 Å². The predicted octanol–water partition coefficient (Wildman–Crippen LogP) is 2.64. The Morgan fingerprint density at radius 3 is 2.45 bits per heavy atom. The fraction of sp³-hybridized carbons (Fsp3) is 0.0667. The van der Waals surface area contributed by atoms with Crippen LogP contribution in [0.5, 0.6) is 11.5 Å². The van der Waals surface area contributed by atoms with Crippen molar-refractivity contribution in [1.29, 1.82) is 0 Å². The zero-order chi connectivity index (χ0) is 14.5. The van der Waals surface area contributed by atoms with Crippen LogP contribution < -0.4 is 0 Å². The molecule has 0 fully saturated rings. The highest BCUT2D eigenvalue weighted by Gasteiger charge is 2.03. The van der Waals surface area contributed by atoms with Crippen LogP contribution in [0.4, 0.5) is 5.69 Å². The minimum Gasteiger partial charge on any atom is -0.508 e. The topological polar surface area (TPSA) is 79.1 Å². The Balaban J connectivity index is 2.17. The molecule has 0 radical (unpaired) electrons. The summed E-state index contributed by atoms with van der Waals surface area (Å²) in [5.41, 5.74) is 1.57. The molecule has 0 aliphatic heterocycles. The van der Waals surface area contributed by atoms with Gasteiger partial charge in [0.1, 0.15) is 17.2 Å². The highest BCUT2D eigenvalue weighted by atomic mass is 16.5. The molecular formula is C15H13NO4. The summed E-state index contributed by atoms with van der Waals surface area (Å²) in [5.74, 6) is -0.527. The van der Waals surface area contributed by atoms with E-state index in [1.807, 2.05) is 0 Å². The van der Waals surface area contributed by atoms with Crippen LogP contribution in [0.2, 0.25) is 0 Å². The van der Waals surface area contributed by atoms with Crippen LogP contribution in [0.1, 0.15) is 15.9 Å². The highest BCUT2D eigenvalue weighted by molar-refractivity contribution is 5.91. The van der Waals surface area contributed by atoms with Crippen LogP contribution >= 0.6 is 0 Å². The van der Waals surface area contributed by atoms with E-state index in [2.05, 4.69) is 9.73 Å². The molecule has 5 nitrogen and oxygen atoms in total. The molecule has 102 valence electrons. The number of nitrogens with zero attached hydrogens (tertiary/aromatic N) is 1. The van der Waals surface area contributed by atoms with Crippen molar-refractivity contribution in [2.24, 2.45) is 4.99 Å². The number of hydrogen-bond donors (Lipinski definition) is 2. The number of phenols is 2. The van der Waals surface area contributed by atoms with E-state index in [1.165, 1.54) is 25.3 Å². The van der Waals surface area contributed by atoms with E-state index < -0.39 is 5.97 Å². The number of phenolic OH excluding ortho intramolecular Hbond substituents is 2. The summed E-state index contributed by atoms with van der Waals surface area (Å²) in [4.78, 5) is 15.4. The zero-order valence-electron chi connectivity index (χ0n) is 10.8. The summed E-state index contributed by atoms with van der Waals surface area (Å²) in [7, 11) is 1.32. The first-order chi connectivity index (χ1) is 9.60. The Bertz CT molecular complexity index is 647. The number of aromatic hydroxyl groups is 2. The summed E-state index contributed by atoms with van der Waals surface area (Å²) >= 11 is 0. The Morgan fingerprint density at radius 2 is 1.85 bits per heavy atom. The van der Waals surface area contributed by atoms with Crippen molar-refractivity contribution in [1.82, 2.24) is 0 Å². The molecule has 5 heteroatoms. The lowest BCUT2D eigenvalue weighted by Gasteiger charge is -2.00. The fourth-order valence-electron chi connectivity index (χ4n) is 1.59. The number of carbonyl (C=O) groups is 1. The lowest BCUT2D eigenvalue weighted by atomic mass is 10.1. The van der Waals surface area contributed by atoms with Crippen molar-refractivity contribution in [2.75, 3.05) is 7.11 Å². The standard InChI is InChI=1S/C15H13NO4/c1-20-15(19)11-4-2-10(3-5-11)9-16-13-7-6-12(17)8-14(13)18/h2-9,17-18H,1H3/b16-9+. The Labute approximate surface area is 115 Å². The Hall–Kier alpha value is -2.82. The van der Waals surface area contributed by atoms with E-state index in [0.29, 0.717) is 11.3 Å². The van der Waals surface area contributed by atoms with Crippen molar-refractivity contribution in [3.63, 3.8) is 0 Å². The molecule has 0 saturated heterocycles. The van der Waals surface area contributed by atoms with Crippen molar-refractivity contribution in [3.05, 3.63) is 53.6 Å². The fourth-order valence-corrected chi connectivity index (χ4v) is 1.59. The molecule has 2 N–H and O–H groups in total. The van der Waals surface area contributed by atoms with Gasteiger partial charge in [0, 0.05) is 12.3 Å². The molecule has 0 bridgehead atoms. The van der Waals surface area contributed by atoms with E-state index in [9.17, 15) is 15.0 Å². The van der Waals surface area contributed by atoms with E-state index in [4.69, 9.17) is 0 Å². The van der Waals surface area contributed by atoms with E-state index in [-0.39, 0.29) is 11.5 Å². The summed E-state index contributed by atoms with van der Waals surface area (Å²) in [6, 6.07) is 10.8.